The van der Waals surface area contributed by atoms with E-state index in [4.69, 9.17) is 9.84 Å². The van der Waals surface area contributed by atoms with Crippen LogP contribution in [0.2, 0.25) is 0 Å². The monoisotopic (exact) mass is 371 g/mol. The minimum absolute atomic E-state index is 0.0740. The molecule has 2 aromatic rings. The zero-order valence-corrected chi connectivity index (χ0v) is 13.6. The first-order valence-electron chi connectivity index (χ1n) is 6.02. The molecule has 7 heteroatoms. The second-order valence-electron chi connectivity index (χ2n) is 4.26. The number of aliphatic hydroxyl groups excluding tert-OH is 1. The Morgan fingerprint density at radius 1 is 1.19 bits per heavy atom. The van der Waals surface area contributed by atoms with Crippen LogP contribution in [-0.2, 0) is 16.6 Å². The molecular formula is C14H14BrNO4S. The van der Waals surface area contributed by atoms with Crippen LogP contribution in [0.1, 0.15) is 5.56 Å². The van der Waals surface area contributed by atoms with E-state index >= 15 is 0 Å². The molecule has 0 spiro atoms. The highest BCUT2D eigenvalue weighted by Crippen LogP contribution is 2.26. The van der Waals surface area contributed by atoms with Crippen LogP contribution in [0.25, 0.3) is 0 Å². The summed E-state index contributed by atoms with van der Waals surface area (Å²) in [5.74, 6) is 0.640. The fourth-order valence-electron chi connectivity index (χ4n) is 1.72. The molecule has 0 atom stereocenters. The minimum Gasteiger partial charge on any atom is -0.497 e. The number of nitrogens with one attached hydrogen (secondary N) is 1. The van der Waals surface area contributed by atoms with Gasteiger partial charge in [-0.2, -0.15) is 0 Å². The zero-order valence-electron chi connectivity index (χ0n) is 11.2. The molecule has 112 valence electrons. The summed E-state index contributed by atoms with van der Waals surface area (Å²) in [5.41, 5.74) is 0.949. The molecule has 0 amide bonds. The Morgan fingerprint density at radius 2 is 1.86 bits per heavy atom. The van der Waals surface area contributed by atoms with Crippen molar-refractivity contribution < 1.29 is 18.3 Å². The fourth-order valence-corrected chi connectivity index (χ4v) is 3.79. The molecule has 0 saturated heterocycles. The minimum atomic E-state index is -3.74. The van der Waals surface area contributed by atoms with Crippen molar-refractivity contribution in [3.05, 3.63) is 52.5 Å². The molecule has 0 heterocycles. The topological polar surface area (TPSA) is 75.6 Å². The number of benzene rings is 2. The van der Waals surface area contributed by atoms with Gasteiger partial charge in [-0.05, 0) is 57.9 Å². The number of hydrogen-bond donors (Lipinski definition) is 2. The van der Waals surface area contributed by atoms with Gasteiger partial charge in [0.2, 0.25) is 0 Å². The van der Waals surface area contributed by atoms with Crippen molar-refractivity contribution >= 4 is 31.6 Å². The first kappa shape index (κ1) is 15.8. The maximum Gasteiger partial charge on any atom is 0.263 e. The van der Waals surface area contributed by atoms with Gasteiger partial charge in [-0.1, -0.05) is 6.07 Å². The molecule has 0 saturated carbocycles. The van der Waals surface area contributed by atoms with Crippen LogP contribution in [0.5, 0.6) is 5.75 Å². The standard InChI is InChI=1S/C14H14BrNO4S/c1-20-12-5-3-11(4-6-12)16-21(18,19)14-8-10(9-17)2-7-13(14)15/h2-8,16-17H,9H2,1H3. The molecular weight excluding hydrogens is 358 g/mol. The molecule has 5 nitrogen and oxygen atoms in total. The summed E-state index contributed by atoms with van der Waals surface area (Å²) in [5, 5.41) is 9.12. The number of anilines is 1. The molecule has 0 aliphatic rings. The lowest BCUT2D eigenvalue weighted by molar-refractivity contribution is 0.281. The zero-order chi connectivity index (χ0) is 15.5. The number of aliphatic hydroxyl groups is 1. The van der Waals surface area contributed by atoms with E-state index in [1.54, 1.807) is 36.4 Å². The van der Waals surface area contributed by atoms with Crippen LogP contribution in [0.3, 0.4) is 0 Å². The Bertz CT molecular complexity index is 729. The van der Waals surface area contributed by atoms with Crippen LogP contribution in [0, 0.1) is 0 Å². The van der Waals surface area contributed by atoms with E-state index in [0.29, 0.717) is 21.5 Å². The third-order valence-electron chi connectivity index (χ3n) is 2.81. The Labute approximate surface area is 131 Å². The first-order chi connectivity index (χ1) is 9.96. The van der Waals surface area contributed by atoms with Crippen molar-refractivity contribution in [1.82, 2.24) is 0 Å². The predicted octanol–water partition coefficient (Wildman–Crippen LogP) is 2.75. The van der Waals surface area contributed by atoms with E-state index in [2.05, 4.69) is 20.7 Å². The number of hydrogen-bond acceptors (Lipinski definition) is 4. The van der Waals surface area contributed by atoms with Gasteiger partial charge in [-0.3, -0.25) is 4.72 Å². The van der Waals surface area contributed by atoms with Crippen LogP contribution in [0.15, 0.2) is 51.8 Å². The summed E-state index contributed by atoms with van der Waals surface area (Å²) < 4.78 is 32.7. The summed E-state index contributed by atoms with van der Waals surface area (Å²) in [7, 11) is -2.21. The number of methoxy groups -OCH3 is 1. The molecule has 0 aliphatic heterocycles. The average Bonchev–Trinajstić information content (AvgIpc) is 2.48. The first-order valence-corrected chi connectivity index (χ1v) is 8.30. The van der Waals surface area contributed by atoms with Gasteiger partial charge in [0.25, 0.3) is 10.0 Å². The lowest BCUT2D eigenvalue weighted by atomic mass is 10.2. The molecule has 2 rings (SSSR count). The Kier molecular flexibility index (Phi) is 4.87. The van der Waals surface area contributed by atoms with Crippen molar-refractivity contribution in [2.75, 3.05) is 11.8 Å². The molecule has 0 bridgehead atoms. The smallest absolute Gasteiger partial charge is 0.263 e. The van der Waals surface area contributed by atoms with Gasteiger partial charge < -0.3 is 9.84 Å². The normalized spacial score (nSPS) is 11.2. The highest BCUT2D eigenvalue weighted by molar-refractivity contribution is 9.10. The molecule has 0 unspecified atom stereocenters. The highest BCUT2D eigenvalue weighted by Gasteiger charge is 2.18. The second kappa shape index (κ2) is 6.46. The van der Waals surface area contributed by atoms with Crippen molar-refractivity contribution in [2.45, 2.75) is 11.5 Å². The maximum atomic E-state index is 12.4. The van der Waals surface area contributed by atoms with Crippen molar-refractivity contribution in [3.8, 4) is 5.75 Å². The van der Waals surface area contributed by atoms with Crippen LogP contribution in [-0.4, -0.2) is 20.6 Å². The third-order valence-corrected chi connectivity index (χ3v) is 5.19. The van der Waals surface area contributed by atoms with Crippen LogP contribution in [0.4, 0.5) is 5.69 Å². The number of rotatable bonds is 5. The van der Waals surface area contributed by atoms with Gasteiger partial charge in [0, 0.05) is 10.2 Å². The third kappa shape index (κ3) is 3.75. The number of sulfonamides is 1. The SMILES string of the molecule is COc1ccc(NS(=O)(=O)c2cc(CO)ccc2Br)cc1. The van der Waals surface area contributed by atoms with Gasteiger partial charge >= 0.3 is 0 Å². The van der Waals surface area contributed by atoms with E-state index in [0.717, 1.165) is 0 Å². The highest BCUT2D eigenvalue weighted by atomic mass is 79.9. The predicted molar refractivity (Wildman–Crippen MR) is 83.9 cm³/mol. The van der Waals surface area contributed by atoms with E-state index in [9.17, 15) is 8.42 Å². The van der Waals surface area contributed by atoms with Gasteiger partial charge in [0.05, 0.1) is 13.7 Å². The van der Waals surface area contributed by atoms with Crippen molar-refractivity contribution in [2.24, 2.45) is 0 Å². The summed E-state index contributed by atoms with van der Waals surface area (Å²) in [6, 6.07) is 11.2. The van der Waals surface area contributed by atoms with Gasteiger partial charge in [0.1, 0.15) is 10.6 Å². The molecule has 0 aliphatic carbocycles. The Morgan fingerprint density at radius 3 is 2.43 bits per heavy atom. The molecule has 2 aromatic carbocycles. The lowest BCUT2D eigenvalue weighted by Crippen LogP contribution is -2.14. The van der Waals surface area contributed by atoms with Crippen LogP contribution < -0.4 is 9.46 Å². The fraction of sp³-hybridized carbons (Fsp3) is 0.143. The Balaban J connectivity index is 2.33. The molecule has 0 fully saturated rings. The van der Waals surface area contributed by atoms with Gasteiger partial charge in [-0.15, -0.1) is 0 Å². The van der Waals surface area contributed by atoms with E-state index in [-0.39, 0.29) is 11.5 Å². The lowest BCUT2D eigenvalue weighted by Gasteiger charge is -2.11. The van der Waals surface area contributed by atoms with E-state index < -0.39 is 10.0 Å². The van der Waals surface area contributed by atoms with Crippen molar-refractivity contribution in [3.63, 3.8) is 0 Å². The maximum absolute atomic E-state index is 12.4. The number of ether oxygens (including phenoxy) is 1. The molecule has 0 radical (unpaired) electrons. The quantitative estimate of drug-likeness (QED) is 0.846. The van der Waals surface area contributed by atoms with Gasteiger partial charge in [-0.25, -0.2) is 8.42 Å². The summed E-state index contributed by atoms with van der Waals surface area (Å²) in [4.78, 5) is 0.0740. The number of halogens is 1. The van der Waals surface area contributed by atoms with Crippen molar-refractivity contribution in [1.29, 1.82) is 0 Å². The summed E-state index contributed by atoms with van der Waals surface area (Å²) in [6.07, 6.45) is 0. The average molecular weight is 372 g/mol. The largest absolute Gasteiger partial charge is 0.497 e. The molecule has 21 heavy (non-hydrogen) atoms. The Hall–Kier alpha value is -1.57. The van der Waals surface area contributed by atoms with E-state index in [1.807, 2.05) is 0 Å². The molecule has 0 aromatic heterocycles. The van der Waals surface area contributed by atoms with Gasteiger partial charge in [0.15, 0.2) is 0 Å². The summed E-state index contributed by atoms with van der Waals surface area (Å²) >= 11 is 3.21. The van der Waals surface area contributed by atoms with E-state index in [1.165, 1.54) is 13.2 Å². The van der Waals surface area contributed by atoms with Crippen LogP contribution >= 0.6 is 15.9 Å². The second-order valence-corrected chi connectivity index (χ2v) is 6.76. The molecule has 2 N–H and O–H groups in total. The summed E-state index contributed by atoms with van der Waals surface area (Å²) in [6.45, 7) is -0.224.